The Morgan fingerprint density at radius 3 is 2.25 bits per heavy atom. The van der Waals surface area contributed by atoms with Gasteiger partial charge in [-0.25, -0.2) is 4.79 Å². The highest BCUT2D eigenvalue weighted by atomic mass is 35.5. The first-order valence-electron chi connectivity index (χ1n) is 5.47. The lowest BCUT2D eigenvalue weighted by Gasteiger charge is -2.16. The predicted octanol–water partition coefficient (Wildman–Crippen LogP) is 5.07. The van der Waals surface area contributed by atoms with E-state index in [1.54, 1.807) is 24.3 Å². The minimum atomic E-state index is -0.759. The second-order valence-corrected chi connectivity index (χ2v) is 5.19. The van der Waals surface area contributed by atoms with E-state index in [-0.39, 0.29) is 5.69 Å². The first kappa shape index (κ1) is 14.9. The van der Waals surface area contributed by atoms with Gasteiger partial charge in [0.25, 0.3) is 0 Å². The number of carbonyl (C=O) groups excluding carboxylic acids is 1. The van der Waals surface area contributed by atoms with Crippen molar-refractivity contribution in [3.63, 3.8) is 0 Å². The number of hydroxylamine groups is 1. The second-order valence-electron chi connectivity index (χ2n) is 3.88. The standard InChI is InChI=1S/C13H9Cl3N2O2/c14-8-2-1-3-11(5-8)17-13(19)18(20)12-6-9(15)4-10(16)7-12/h1-7,20H,(H,17,19). The molecule has 0 bridgehead atoms. The van der Waals surface area contributed by atoms with Crippen molar-refractivity contribution in [1.29, 1.82) is 0 Å². The van der Waals surface area contributed by atoms with Gasteiger partial charge in [0.05, 0.1) is 5.69 Å². The average Bonchev–Trinajstić information content (AvgIpc) is 2.36. The number of hydrogen-bond acceptors (Lipinski definition) is 2. The molecule has 2 aromatic rings. The van der Waals surface area contributed by atoms with Gasteiger partial charge in [0.15, 0.2) is 0 Å². The number of anilines is 2. The van der Waals surface area contributed by atoms with Crippen LogP contribution in [0.2, 0.25) is 15.1 Å². The summed E-state index contributed by atoms with van der Waals surface area (Å²) in [6, 6.07) is 10.1. The van der Waals surface area contributed by atoms with E-state index in [2.05, 4.69) is 5.32 Å². The Hall–Kier alpha value is -1.46. The number of carbonyl (C=O) groups is 1. The summed E-state index contributed by atoms with van der Waals surface area (Å²) in [4.78, 5) is 11.9. The van der Waals surface area contributed by atoms with E-state index < -0.39 is 6.03 Å². The van der Waals surface area contributed by atoms with Gasteiger partial charge in [-0.05, 0) is 36.4 Å². The smallest absolute Gasteiger partial charge is 0.306 e. The molecule has 7 heteroatoms. The van der Waals surface area contributed by atoms with Gasteiger partial charge in [-0.3, -0.25) is 5.21 Å². The molecular formula is C13H9Cl3N2O2. The van der Waals surface area contributed by atoms with Crippen molar-refractivity contribution in [2.45, 2.75) is 0 Å². The maximum atomic E-state index is 11.9. The van der Waals surface area contributed by atoms with Crippen molar-refractivity contribution in [1.82, 2.24) is 0 Å². The number of nitrogens with zero attached hydrogens (tertiary/aromatic N) is 1. The molecular weight excluding hydrogens is 323 g/mol. The lowest BCUT2D eigenvalue weighted by Crippen LogP contribution is -2.31. The highest BCUT2D eigenvalue weighted by molar-refractivity contribution is 6.35. The molecule has 104 valence electrons. The minimum Gasteiger partial charge on any atom is -0.306 e. The SMILES string of the molecule is O=C(Nc1cccc(Cl)c1)N(O)c1cc(Cl)cc(Cl)c1. The van der Waals surface area contributed by atoms with Crippen LogP contribution in [0.4, 0.5) is 16.2 Å². The van der Waals surface area contributed by atoms with Crippen LogP contribution in [0.5, 0.6) is 0 Å². The second kappa shape index (κ2) is 6.33. The number of hydrogen-bond donors (Lipinski definition) is 2. The Bertz CT molecular complexity index is 629. The molecule has 2 aromatic carbocycles. The molecule has 20 heavy (non-hydrogen) atoms. The van der Waals surface area contributed by atoms with Gasteiger partial charge >= 0.3 is 6.03 Å². The third kappa shape index (κ3) is 3.77. The number of rotatable bonds is 2. The number of amides is 2. The minimum absolute atomic E-state index is 0.155. The summed E-state index contributed by atoms with van der Waals surface area (Å²) in [5.41, 5.74) is 0.608. The average molecular weight is 332 g/mol. The Labute approximate surface area is 130 Å². The normalized spacial score (nSPS) is 10.2. The number of halogens is 3. The third-order valence-electron chi connectivity index (χ3n) is 2.36. The number of nitrogens with one attached hydrogen (secondary N) is 1. The van der Waals surface area contributed by atoms with Gasteiger partial charge in [-0.2, -0.15) is 5.06 Å². The van der Waals surface area contributed by atoms with Gasteiger partial charge in [0.1, 0.15) is 0 Å². The molecule has 2 amide bonds. The molecule has 0 aliphatic heterocycles. The molecule has 0 heterocycles. The van der Waals surface area contributed by atoms with Crippen molar-refractivity contribution >= 4 is 52.2 Å². The van der Waals surface area contributed by atoms with Crippen LogP contribution < -0.4 is 10.4 Å². The summed E-state index contributed by atoms with van der Waals surface area (Å²) in [7, 11) is 0. The molecule has 0 atom stereocenters. The predicted molar refractivity (Wildman–Crippen MR) is 81.2 cm³/mol. The van der Waals surface area contributed by atoms with E-state index in [0.29, 0.717) is 25.8 Å². The summed E-state index contributed by atoms with van der Waals surface area (Å²) in [6.07, 6.45) is 0. The first-order chi connectivity index (χ1) is 9.45. The van der Waals surface area contributed by atoms with Crippen LogP contribution in [-0.2, 0) is 0 Å². The fourth-order valence-electron chi connectivity index (χ4n) is 1.52. The van der Waals surface area contributed by atoms with Gasteiger partial charge in [0, 0.05) is 20.8 Å². The molecule has 2 rings (SSSR count). The zero-order valence-electron chi connectivity index (χ0n) is 9.98. The summed E-state index contributed by atoms with van der Waals surface area (Å²) in [5.74, 6) is 0. The largest absolute Gasteiger partial charge is 0.350 e. The summed E-state index contributed by atoms with van der Waals surface area (Å²) in [5, 5.41) is 13.8. The highest BCUT2D eigenvalue weighted by Crippen LogP contribution is 2.25. The first-order valence-corrected chi connectivity index (χ1v) is 6.61. The molecule has 0 aliphatic carbocycles. The Morgan fingerprint density at radius 1 is 1.00 bits per heavy atom. The van der Waals surface area contributed by atoms with Gasteiger partial charge in [-0.15, -0.1) is 0 Å². The molecule has 0 aromatic heterocycles. The van der Waals surface area contributed by atoms with E-state index in [0.717, 1.165) is 0 Å². The monoisotopic (exact) mass is 330 g/mol. The highest BCUT2D eigenvalue weighted by Gasteiger charge is 2.14. The van der Waals surface area contributed by atoms with Gasteiger partial charge < -0.3 is 5.32 Å². The molecule has 4 nitrogen and oxygen atoms in total. The molecule has 0 fully saturated rings. The van der Waals surface area contributed by atoms with Crippen LogP contribution in [0.1, 0.15) is 0 Å². The Kier molecular flexibility index (Phi) is 4.73. The van der Waals surface area contributed by atoms with E-state index in [1.807, 2.05) is 0 Å². The lowest BCUT2D eigenvalue weighted by atomic mass is 10.3. The number of benzene rings is 2. The molecule has 0 radical (unpaired) electrons. The fraction of sp³-hybridized carbons (Fsp3) is 0. The quantitative estimate of drug-likeness (QED) is 0.596. The van der Waals surface area contributed by atoms with Crippen molar-refractivity contribution in [3.05, 3.63) is 57.5 Å². The summed E-state index contributed by atoms with van der Waals surface area (Å²) >= 11 is 17.4. The molecule has 0 spiro atoms. The van der Waals surface area contributed by atoms with Crippen LogP contribution in [0.15, 0.2) is 42.5 Å². The zero-order chi connectivity index (χ0) is 14.7. The van der Waals surface area contributed by atoms with Crippen molar-refractivity contribution in [3.8, 4) is 0 Å². The third-order valence-corrected chi connectivity index (χ3v) is 3.03. The topological polar surface area (TPSA) is 52.6 Å². The van der Waals surface area contributed by atoms with Crippen LogP contribution in [0, 0.1) is 0 Å². The zero-order valence-corrected chi connectivity index (χ0v) is 12.2. The van der Waals surface area contributed by atoms with Crippen LogP contribution >= 0.6 is 34.8 Å². The van der Waals surface area contributed by atoms with Crippen LogP contribution in [-0.4, -0.2) is 11.2 Å². The molecule has 0 saturated carbocycles. The van der Waals surface area contributed by atoms with E-state index in [1.165, 1.54) is 18.2 Å². The van der Waals surface area contributed by atoms with E-state index >= 15 is 0 Å². The van der Waals surface area contributed by atoms with Crippen LogP contribution in [0.25, 0.3) is 0 Å². The lowest BCUT2D eigenvalue weighted by molar-refractivity contribution is 0.216. The molecule has 2 N–H and O–H groups in total. The Balaban J connectivity index is 2.16. The van der Waals surface area contributed by atoms with Crippen molar-refractivity contribution < 1.29 is 10.0 Å². The van der Waals surface area contributed by atoms with E-state index in [9.17, 15) is 10.0 Å². The number of urea groups is 1. The maximum absolute atomic E-state index is 11.9. The fourth-order valence-corrected chi connectivity index (χ4v) is 2.23. The molecule has 0 unspecified atom stereocenters. The van der Waals surface area contributed by atoms with Crippen molar-refractivity contribution in [2.75, 3.05) is 10.4 Å². The van der Waals surface area contributed by atoms with Gasteiger partial charge in [0.2, 0.25) is 0 Å². The van der Waals surface area contributed by atoms with Crippen molar-refractivity contribution in [2.24, 2.45) is 0 Å². The van der Waals surface area contributed by atoms with Crippen LogP contribution in [0.3, 0.4) is 0 Å². The molecule has 0 aliphatic rings. The van der Waals surface area contributed by atoms with Gasteiger partial charge in [-0.1, -0.05) is 40.9 Å². The molecule has 0 saturated heterocycles. The summed E-state index contributed by atoms with van der Waals surface area (Å²) in [6.45, 7) is 0. The van der Waals surface area contributed by atoms with E-state index in [4.69, 9.17) is 34.8 Å². The Morgan fingerprint density at radius 2 is 1.65 bits per heavy atom. The summed E-state index contributed by atoms with van der Waals surface area (Å²) < 4.78 is 0. The maximum Gasteiger partial charge on any atom is 0.350 e.